The second-order valence-electron chi connectivity index (χ2n) is 4.68. The summed E-state index contributed by atoms with van der Waals surface area (Å²) < 4.78 is 0. The van der Waals surface area contributed by atoms with Crippen molar-refractivity contribution < 1.29 is 9.90 Å². The van der Waals surface area contributed by atoms with Crippen LogP contribution in [0.25, 0.3) is 0 Å². The zero-order valence-corrected chi connectivity index (χ0v) is 16.0. The Labute approximate surface area is 147 Å². The Hall–Kier alpha value is 1.04. The molecular weight excluding hydrogens is 337 g/mol. The van der Waals surface area contributed by atoms with Crippen LogP contribution in [0.5, 0.6) is 0 Å². The van der Waals surface area contributed by atoms with Gasteiger partial charge in [-0.2, -0.15) is 0 Å². The van der Waals surface area contributed by atoms with E-state index in [9.17, 15) is 4.79 Å². The maximum absolute atomic E-state index is 10.3. The molecule has 3 heteroatoms. The van der Waals surface area contributed by atoms with Gasteiger partial charge in [0, 0.05) is 55.3 Å². The van der Waals surface area contributed by atoms with Crippen LogP contribution in [0.4, 0.5) is 0 Å². The molecule has 0 saturated carbocycles. The molecule has 17 heavy (non-hydrogen) atoms. The molecule has 0 fully saturated rings. The van der Waals surface area contributed by atoms with Gasteiger partial charge in [0.25, 0.3) is 0 Å². The van der Waals surface area contributed by atoms with E-state index in [1.54, 1.807) is 0 Å². The molecule has 0 rings (SSSR count). The first-order valence-electron chi connectivity index (χ1n) is 6.99. The van der Waals surface area contributed by atoms with Crippen LogP contribution in [0.15, 0.2) is 0 Å². The average molecular weight is 366 g/mol. The van der Waals surface area contributed by atoms with Crippen LogP contribution in [0.1, 0.15) is 84.0 Å². The van der Waals surface area contributed by atoms with Crippen molar-refractivity contribution in [1.82, 2.24) is 0 Å². The van der Waals surface area contributed by atoms with E-state index in [1.807, 2.05) is 0 Å². The van der Waals surface area contributed by atoms with E-state index in [-0.39, 0.29) is 48.9 Å². The Morgan fingerprint density at radius 1 is 0.765 bits per heavy atom. The molecule has 0 spiro atoms. The predicted molar refractivity (Wildman–Crippen MR) is 74.5 cm³/mol. The second-order valence-corrected chi connectivity index (χ2v) is 4.68. The van der Waals surface area contributed by atoms with Gasteiger partial charge < -0.3 is 5.11 Å². The SMILES string of the molecule is CCCCCCCCCCCCCC(=O)O.[Ba]. The number of hydrogen-bond donors (Lipinski definition) is 1. The van der Waals surface area contributed by atoms with Crippen molar-refractivity contribution in [2.24, 2.45) is 0 Å². The molecule has 0 aliphatic heterocycles. The van der Waals surface area contributed by atoms with E-state index in [0.717, 1.165) is 12.8 Å². The van der Waals surface area contributed by atoms with Crippen molar-refractivity contribution in [3.8, 4) is 0 Å². The first kappa shape index (κ1) is 20.4. The summed E-state index contributed by atoms with van der Waals surface area (Å²) >= 11 is 0. The van der Waals surface area contributed by atoms with Crippen LogP contribution < -0.4 is 0 Å². The zero-order chi connectivity index (χ0) is 12.1. The Balaban J connectivity index is 0. The van der Waals surface area contributed by atoms with Gasteiger partial charge in [-0.15, -0.1) is 0 Å². The summed E-state index contributed by atoms with van der Waals surface area (Å²) in [5.41, 5.74) is 0. The number of carboxylic acids is 1. The minimum absolute atomic E-state index is 0. The molecule has 98 valence electrons. The minimum atomic E-state index is -0.657. The molecule has 0 aromatic heterocycles. The smallest absolute Gasteiger partial charge is 0.303 e. The summed E-state index contributed by atoms with van der Waals surface area (Å²) in [6.07, 6.45) is 14.4. The Kier molecular flexibility index (Phi) is 20.4. The summed E-state index contributed by atoms with van der Waals surface area (Å²) in [4.78, 5) is 10.3. The molecule has 0 aliphatic rings. The maximum atomic E-state index is 10.3. The summed E-state index contributed by atoms with van der Waals surface area (Å²) in [5.74, 6) is -0.657. The van der Waals surface area contributed by atoms with Gasteiger partial charge in [0.05, 0.1) is 0 Å². The standard InChI is InChI=1S/C14H28O2.Ba/c1-2-3-4-5-6-7-8-9-10-11-12-13-14(15)16;/h2-13H2,1H3,(H,15,16);. The van der Waals surface area contributed by atoms with E-state index in [2.05, 4.69) is 6.92 Å². The van der Waals surface area contributed by atoms with Gasteiger partial charge >= 0.3 is 5.97 Å². The fourth-order valence-corrected chi connectivity index (χ4v) is 1.94. The largest absolute Gasteiger partial charge is 0.481 e. The predicted octanol–water partition coefficient (Wildman–Crippen LogP) is 4.39. The number of rotatable bonds is 12. The van der Waals surface area contributed by atoms with Crippen LogP contribution in [-0.4, -0.2) is 60.0 Å². The van der Waals surface area contributed by atoms with Crippen molar-refractivity contribution in [2.45, 2.75) is 84.0 Å². The number of aliphatic carboxylic acids is 1. The Morgan fingerprint density at radius 3 is 1.47 bits per heavy atom. The molecule has 0 unspecified atom stereocenters. The van der Waals surface area contributed by atoms with Crippen LogP contribution in [0, 0.1) is 0 Å². The quantitative estimate of drug-likeness (QED) is 0.411. The van der Waals surface area contributed by atoms with Crippen LogP contribution in [0.2, 0.25) is 0 Å². The molecule has 2 nitrogen and oxygen atoms in total. The molecule has 0 amide bonds. The van der Waals surface area contributed by atoms with Gasteiger partial charge in [-0.25, -0.2) is 0 Å². The van der Waals surface area contributed by atoms with Gasteiger partial charge in [0.1, 0.15) is 0 Å². The third-order valence-corrected chi connectivity index (χ3v) is 2.99. The van der Waals surface area contributed by atoms with Gasteiger partial charge in [0.2, 0.25) is 0 Å². The second kappa shape index (κ2) is 17.0. The van der Waals surface area contributed by atoms with E-state index < -0.39 is 5.97 Å². The number of carbonyl (C=O) groups is 1. The fraction of sp³-hybridized carbons (Fsp3) is 0.929. The van der Waals surface area contributed by atoms with Gasteiger partial charge in [-0.1, -0.05) is 71.1 Å². The van der Waals surface area contributed by atoms with E-state index >= 15 is 0 Å². The summed E-state index contributed by atoms with van der Waals surface area (Å²) in [6.45, 7) is 2.25. The molecule has 0 aliphatic carbocycles. The number of carboxylic acid groups (broad SMARTS) is 1. The normalized spacial score (nSPS) is 9.94. The molecule has 1 N–H and O–H groups in total. The Bertz CT molecular complexity index is 160. The molecule has 0 saturated heterocycles. The van der Waals surface area contributed by atoms with Crippen molar-refractivity contribution in [3.05, 3.63) is 0 Å². The molecule has 0 bridgehead atoms. The van der Waals surface area contributed by atoms with E-state index in [4.69, 9.17) is 5.11 Å². The van der Waals surface area contributed by atoms with E-state index in [1.165, 1.54) is 57.8 Å². The molecule has 2 radical (unpaired) electrons. The topological polar surface area (TPSA) is 37.3 Å². The van der Waals surface area contributed by atoms with Gasteiger partial charge in [-0.05, 0) is 6.42 Å². The first-order valence-corrected chi connectivity index (χ1v) is 6.99. The van der Waals surface area contributed by atoms with Crippen LogP contribution >= 0.6 is 0 Å². The third kappa shape index (κ3) is 19.6. The molecule has 0 aromatic rings. The fourth-order valence-electron chi connectivity index (χ4n) is 1.94. The molecule has 0 atom stereocenters. The third-order valence-electron chi connectivity index (χ3n) is 2.99. The Morgan fingerprint density at radius 2 is 1.12 bits per heavy atom. The molecular formula is C14H28BaO2. The van der Waals surface area contributed by atoms with Gasteiger partial charge in [0.15, 0.2) is 0 Å². The summed E-state index contributed by atoms with van der Waals surface area (Å²) in [7, 11) is 0. The number of hydrogen-bond acceptors (Lipinski definition) is 1. The first-order chi connectivity index (χ1) is 7.77. The zero-order valence-electron chi connectivity index (χ0n) is 11.5. The monoisotopic (exact) mass is 366 g/mol. The molecule has 0 aromatic carbocycles. The van der Waals surface area contributed by atoms with Crippen LogP contribution in [0.3, 0.4) is 0 Å². The average Bonchev–Trinajstić information content (AvgIpc) is 2.25. The maximum Gasteiger partial charge on any atom is 0.303 e. The summed E-state index contributed by atoms with van der Waals surface area (Å²) in [6, 6.07) is 0. The summed E-state index contributed by atoms with van der Waals surface area (Å²) in [5, 5.41) is 8.46. The van der Waals surface area contributed by atoms with E-state index in [0.29, 0.717) is 6.42 Å². The van der Waals surface area contributed by atoms with Crippen molar-refractivity contribution in [1.29, 1.82) is 0 Å². The van der Waals surface area contributed by atoms with Gasteiger partial charge in [-0.3, -0.25) is 4.79 Å². The number of unbranched alkanes of at least 4 members (excludes halogenated alkanes) is 10. The van der Waals surface area contributed by atoms with Crippen molar-refractivity contribution in [2.75, 3.05) is 0 Å². The van der Waals surface area contributed by atoms with Crippen molar-refractivity contribution in [3.63, 3.8) is 0 Å². The minimum Gasteiger partial charge on any atom is -0.481 e. The van der Waals surface area contributed by atoms with Crippen LogP contribution in [-0.2, 0) is 4.79 Å². The molecule has 0 heterocycles. The van der Waals surface area contributed by atoms with Crippen molar-refractivity contribution >= 4 is 54.9 Å².